The monoisotopic (exact) mass is 330 g/mol. The maximum absolute atomic E-state index is 13.7. The van der Waals surface area contributed by atoms with Crippen molar-refractivity contribution in [3.05, 3.63) is 65.5 Å². The molecule has 0 saturated heterocycles. The lowest BCUT2D eigenvalue weighted by atomic mass is 10.0. The molecule has 1 atom stereocenters. The second-order valence-electron chi connectivity index (χ2n) is 5.08. The van der Waals surface area contributed by atoms with Crippen LogP contribution in [0.2, 0.25) is 0 Å². The second kappa shape index (κ2) is 8.10. The van der Waals surface area contributed by atoms with E-state index < -0.39 is 30.2 Å². The molecule has 1 amide bonds. The summed E-state index contributed by atoms with van der Waals surface area (Å²) in [4.78, 5) is 23.2. The molecule has 0 aliphatic carbocycles. The predicted octanol–water partition coefficient (Wildman–Crippen LogP) is 1.84. The molecule has 0 saturated carbocycles. The van der Waals surface area contributed by atoms with Gasteiger partial charge in [-0.3, -0.25) is 4.79 Å². The Hall–Kier alpha value is -2.89. The molecule has 126 valence electrons. The van der Waals surface area contributed by atoms with Gasteiger partial charge in [0.1, 0.15) is 11.6 Å². The van der Waals surface area contributed by atoms with E-state index in [1.165, 1.54) is 24.3 Å². The number of hydrogen-bond acceptors (Lipinski definition) is 4. The quantitative estimate of drug-likeness (QED) is 0.840. The zero-order valence-corrected chi connectivity index (χ0v) is 13.1. The summed E-state index contributed by atoms with van der Waals surface area (Å²) in [7, 11) is 0. The molecule has 2 rings (SSSR count). The van der Waals surface area contributed by atoms with Crippen LogP contribution in [-0.2, 0) is 4.79 Å². The summed E-state index contributed by atoms with van der Waals surface area (Å²) in [6.07, 6.45) is -0.422. The maximum Gasteiger partial charge on any atom is 0.254 e. The molecule has 0 aromatic heterocycles. The van der Waals surface area contributed by atoms with Crippen LogP contribution in [0.3, 0.4) is 0 Å². The Bertz CT molecular complexity index is 715. The van der Waals surface area contributed by atoms with Crippen LogP contribution >= 0.6 is 0 Å². The molecule has 1 N–H and O–H groups in total. The molecular weight excluding hydrogens is 313 g/mol. The second-order valence-corrected chi connectivity index (χ2v) is 5.08. The van der Waals surface area contributed by atoms with Gasteiger partial charge in [0.15, 0.2) is 0 Å². The van der Waals surface area contributed by atoms with Crippen LogP contribution in [0.5, 0.6) is 5.75 Å². The van der Waals surface area contributed by atoms with Crippen LogP contribution in [0.1, 0.15) is 35.3 Å². The highest BCUT2D eigenvalue weighted by Gasteiger charge is 2.18. The van der Waals surface area contributed by atoms with Gasteiger partial charge >= 0.3 is 0 Å². The molecule has 5 nitrogen and oxygen atoms in total. The highest BCUT2D eigenvalue weighted by Crippen LogP contribution is 2.21. The average Bonchev–Trinajstić information content (AvgIpc) is 2.55. The van der Waals surface area contributed by atoms with Crippen LogP contribution in [0.4, 0.5) is 4.39 Å². The van der Waals surface area contributed by atoms with E-state index in [9.17, 15) is 19.1 Å². The summed E-state index contributed by atoms with van der Waals surface area (Å²) in [6.45, 7) is 2.35. The zero-order chi connectivity index (χ0) is 17.5. The Kier molecular flexibility index (Phi) is 5.89. The van der Waals surface area contributed by atoms with Crippen molar-refractivity contribution in [1.82, 2.24) is 5.32 Å². The number of ether oxygens (including phenoxy) is 1. The molecule has 2 aromatic rings. The largest absolute Gasteiger partial charge is 0.550 e. The first-order valence-corrected chi connectivity index (χ1v) is 7.49. The molecule has 0 aliphatic heterocycles. The van der Waals surface area contributed by atoms with Gasteiger partial charge in [0, 0.05) is 12.4 Å². The lowest BCUT2D eigenvalue weighted by Crippen LogP contribution is -2.34. The lowest BCUT2D eigenvalue weighted by molar-refractivity contribution is -0.306. The summed E-state index contributed by atoms with van der Waals surface area (Å²) in [5.41, 5.74) is 0.416. The first kappa shape index (κ1) is 17.5. The molecule has 0 fully saturated rings. The standard InChI is InChI=1S/C18H18FNO4/c1-2-24-13-9-7-12(8-10-13)16(11-17(21)22)20-18(23)14-5-3-4-6-15(14)19/h3-10,16H,2,11H2,1H3,(H,20,23)(H,21,22)/p-1/t16-/m1/s1. The van der Waals surface area contributed by atoms with Crippen molar-refractivity contribution >= 4 is 11.9 Å². The first-order chi connectivity index (χ1) is 11.5. The van der Waals surface area contributed by atoms with Crippen molar-refractivity contribution in [3.8, 4) is 5.75 Å². The number of benzene rings is 2. The molecule has 6 heteroatoms. The molecule has 0 bridgehead atoms. The number of carbonyl (C=O) groups is 2. The first-order valence-electron chi connectivity index (χ1n) is 7.49. The average molecular weight is 330 g/mol. The summed E-state index contributed by atoms with van der Waals surface area (Å²) in [6, 6.07) is 11.3. The molecule has 24 heavy (non-hydrogen) atoms. The molecule has 0 unspecified atom stereocenters. The topological polar surface area (TPSA) is 78.5 Å². The highest BCUT2D eigenvalue weighted by atomic mass is 19.1. The predicted molar refractivity (Wildman–Crippen MR) is 83.8 cm³/mol. The Labute approximate surface area is 139 Å². The number of carboxylic acid groups (broad SMARTS) is 1. The van der Waals surface area contributed by atoms with Crippen LogP contribution < -0.4 is 15.2 Å². The van der Waals surface area contributed by atoms with Crippen molar-refractivity contribution < 1.29 is 23.8 Å². The summed E-state index contributed by atoms with van der Waals surface area (Å²) in [5.74, 6) is -2.04. The van der Waals surface area contributed by atoms with E-state index in [2.05, 4.69) is 5.32 Å². The van der Waals surface area contributed by atoms with E-state index in [0.717, 1.165) is 0 Å². The SMILES string of the molecule is CCOc1ccc([C@@H](CC(=O)[O-])NC(=O)c2ccccc2F)cc1. The van der Waals surface area contributed by atoms with Gasteiger partial charge in [0.2, 0.25) is 0 Å². The van der Waals surface area contributed by atoms with E-state index in [4.69, 9.17) is 4.74 Å². The van der Waals surface area contributed by atoms with Crippen molar-refractivity contribution in [3.63, 3.8) is 0 Å². The highest BCUT2D eigenvalue weighted by molar-refractivity contribution is 5.94. The Morgan fingerprint density at radius 3 is 2.42 bits per heavy atom. The van der Waals surface area contributed by atoms with Gasteiger partial charge < -0.3 is 20.0 Å². The third-order valence-electron chi connectivity index (χ3n) is 3.39. The van der Waals surface area contributed by atoms with Crippen molar-refractivity contribution in [2.45, 2.75) is 19.4 Å². The molecular formula is C18H17FNO4-. The number of carboxylic acids is 1. The maximum atomic E-state index is 13.7. The van der Waals surface area contributed by atoms with E-state index in [1.54, 1.807) is 24.3 Å². The van der Waals surface area contributed by atoms with Gasteiger partial charge in [-0.05, 0) is 36.8 Å². The van der Waals surface area contributed by atoms with E-state index in [0.29, 0.717) is 17.9 Å². The number of carbonyl (C=O) groups excluding carboxylic acids is 2. The van der Waals surface area contributed by atoms with Crippen LogP contribution in [0.15, 0.2) is 48.5 Å². The third kappa shape index (κ3) is 4.55. The molecule has 2 aromatic carbocycles. The number of aliphatic carboxylic acids is 1. The van der Waals surface area contributed by atoms with Crippen molar-refractivity contribution in [1.29, 1.82) is 0 Å². The van der Waals surface area contributed by atoms with Gasteiger partial charge in [0.25, 0.3) is 5.91 Å². The van der Waals surface area contributed by atoms with Gasteiger partial charge in [-0.2, -0.15) is 0 Å². The summed E-state index contributed by atoms with van der Waals surface area (Å²) >= 11 is 0. The van der Waals surface area contributed by atoms with Crippen molar-refractivity contribution in [2.24, 2.45) is 0 Å². The minimum Gasteiger partial charge on any atom is -0.550 e. The van der Waals surface area contributed by atoms with Crippen LogP contribution in [-0.4, -0.2) is 18.5 Å². The van der Waals surface area contributed by atoms with Gasteiger partial charge in [-0.15, -0.1) is 0 Å². The number of halogens is 1. The number of rotatable bonds is 7. The van der Waals surface area contributed by atoms with Crippen LogP contribution in [0.25, 0.3) is 0 Å². The molecule has 0 radical (unpaired) electrons. The molecule has 0 heterocycles. The van der Waals surface area contributed by atoms with Gasteiger partial charge in [0.05, 0.1) is 18.2 Å². The van der Waals surface area contributed by atoms with Gasteiger partial charge in [-0.1, -0.05) is 24.3 Å². The third-order valence-corrected chi connectivity index (χ3v) is 3.39. The molecule has 0 aliphatic rings. The fraction of sp³-hybridized carbons (Fsp3) is 0.222. The number of hydrogen-bond donors (Lipinski definition) is 1. The van der Waals surface area contributed by atoms with E-state index in [-0.39, 0.29) is 5.56 Å². The number of nitrogens with one attached hydrogen (secondary N) is 1. The van der Waals surface area contributed by atoms with E-state index >= 15 is 0 Å². The Morgan fingerprint density at radius 1 is 1.17 bits per heavy atom. The summed E-state index contributed by atoms with van der Waals surface area (Å²) < 4.78 is 19.0. The normalized spacial score (nSPS) is 11.6. The fourth-order valence-corrected chi connectivity index (χ4v) is 2.26. The smallest absolute Gasteiger partial charge is 0.254 e. The van der Waals surface area contributed by atoms with Crippen LogP contribution in [0, 0.1) is 5.82 Å². The summed E-state index contributed by atoms with van der Waals surface area (Å²) in [5, 5.41) is 13.5. The number of amides is 1. The van der Waals surface area contributed by atoms with Crippen molar-refractivity contribution in [2.75, 3.05) is 6.61 Å². The van der Waals surface area contributed by atoms with Gasteiger partial charge in [-0.25, -0.2) is 4.39 Å². The minimum absolute atomic E-state index is 0.146. The van der Waals surface area contributed by atoms with E-state index in [1.807, 2.05) is 6.92 Å². The zero-order valence-electron chi connectivity index (χ0n) is 13.1. The Morgan fingerprint density at radius 2 is 1.83 bits per heavy atom. The Balaban J connectivity index is 2.20. The fourth-order valence-electron chi connectivity index (χ4n) is 2.26. The minimum atomic E-state index is -1.32. The molecule has 0 spiro atoms. The lowest BCUT2D eigenvalue weighted by Gasteiger charge is -2.20.